The number of hydrogen-bond donors (Lipinski definition) is 2. The van der Waals surface area contributed by atoms with Crippen molar-refractivity contribution in [3.05, 3.63) is 28.7 Å². The van der Waals surface area contributed by atoms with Crippen LogP contribution in [0.5, 0.6) is 0 Å². The number of hydrogen-bond acceptors (Lipinski definition) is 3. The molecule has 1 aromatic carbocycles. The molecule has 4 heteroatoms. The van der Waals surface area contributed by atoms with Crippen LogP contribution in [0.15, 0.2) is 33.6 Å². The van der Waals surface area contributed by atoms with E-state index in [0.29, 0.717) is 6.04 Å². The van der Waals surface area contributed by atoms with E-state index in [0.717, 1.165) is 16.6 Å². The third kappa shape index (κ3) is 5.31. The maximum atomic E-state index is 9.50. The van der Waals surface area contributed by atoms with Gasteiger partial charge in [-0.1, -0.05) is 26.0 Å². The van der Waals surface area contributed by atoms with Gasteiger partial charge in [-0.25, -0.2) is 0 Å². The Morgan fingerprint density at radius 2 is 2.06 bits per heavy atom. The summed E-state index contributed by atoms with van der Waals surface area (Å²) in [5.74, 6) is 0.986. The van der Waals surface area contributed by atoms with E-state index in [-0.39, 0.29) is 12.1 Å². The van der Waals surface area contributed by atoms with Gasteiger partial charge >= 0.3 is 0 Å². The minimum absolute atomic E-state index is 0.168. The minimum atomic E-state index is -0.192. The summed E-state index contributed by atoms with van der Waals surface area (Å²) >= 11 is 5.37. The average Bonchev–Trinajstić information content (AvgIpc) is 2.31. The Morgan fingerprint density at radius 3 is 2.61 bits per heavy atom. The Morgan fingerprint density at radius 1 is 1.39 bits per heavy atom. The smallest absolute Gasteiger partial charge is 0.0610 e. The molecule has 0 bridgehead atoms. The molecule has 0 fully saturated rings. The Labute approximate surface area is 123 Å². The van der Waals surface area contributed by atoms with Crippen LogP contribution in [0.4, 0.5) is 0 Å². The zero-order valence-electron chi connectivity index (χ0n) is 11.2. The summed E-state index contributed by atoms with van der Waals surface area (Å²) in [6.45, 7) is 6.46. The molecule has 1 rings (SSSR count). The Balaban J connectivity index is 2.47. The molecule has 2 N–H and O–H groups in total. The molecule has 102 valence electrons. The normalized spacial score (nSPS) is 14.8. The summed E-state index contributed by atoms with van der Waals surface area (Å²) in [5, 5.41) is 12.9. The number of thioether (sulfide) groups is 1. The Hall–Kier alpha value is -0.0300. The van der Waals surface area contributed by atoms with Gasteiger partial charge in [0.25, 0.3) is 0 Å². The Bertz CT molecular complexity index is 373. The summed E-state index contributed by atoms with van der Waals surface area (Å²) in [6, 6.07) is 8.62. The molecule has 2 nitrogen and oxygen atoms in total. The first-order valence-electron chi connectivity index (χ1n) is 6.23. The summed E-state index contributed by atoms with van der Waals surface area (Å²) in [4.78, 5) is 1.25. The van der Waals surface area contributed by atoms with E-state index >= 15 is 0 Å². The lowest BCUT2D eigenvalue weighted by molar-refractivity contribution is 0.162. The van der Waals surface area contributed by atoms with E-state index < -0.39 is 0 Å². The molecule has 1 atom stereocenters. The van der Waals surface area contributed by atoms with Gasteiger partial charge in [0.15, 0.2) is 0 Å². The monoisotopic (exact) mass is 331 g/mol. The van der Waals surface area contributed by atoms with Crippen LogP contribution >= 0.6 is 27.7 Å². The molecule has 1 unspecified atom stereocenters. The minimum Gasteiger partial charge on any atom is -0.394 e. The molecule has 0 aliphatic carbocycles. The molecule has 0 aromatic heterocycles. The number of aliphatic hydroxyl groups excluding tert-OH is 1. The lowest BCUT2D eigenvalue weighted by Gasteiger charge is -2.31. The van der Waals surface area contributed by atoms with E-state index in [1.807, 2.05) is 23.9 Å². The van der Waals surface area contributed by atoms with Gasteiger partial charge in [0, 0.05) is 20.9 Å². The largest absolute Gasteiger partial charge is 0.394 e. The average molecular weight is 332 g/mol. The van der Waals surface area contributed by atoms with Gasteiger partial charge < -0.3 is 10.4 Å². The van der Waals surface area contributed by atoms with Crippen LogP contribution in [-0.4, -0.2) is 29.0 Å². The molecule has 0 saturated heterocycles. The maximum absolute atomic E-state index is 9.50. The fourth-order valence-corrected chi connectivity index (χ4v) is 3.62. The Kier molecular flexibility index (Phi) is 6.71. The highest BCUT2D eigenvalue weighted by Gasteiger charge is 2.23. The highest BCUT2D eigenvalue weighted by atomic mass is 79.9. The van der Waals surface area contributed by atoms with Gasteiger partial charge in [-0.2, -0.15) is 0 Å². The van der Waals surface area contributed by atoms with E-state index in [1.54, 1.807) is 0 Å². The topological polar surface area (TPSA) is 32.3 Å². The van der Waals surface area contributed by atoms with Crippen LogP contribution in [0, 0.1) is 0 Å². The summed E-state index contributed by atoms with van der Waals surface area (Å²) in [7, 11) is 0. The maximum Gasteiger partial charge on any atom is 0.0610 e. The van der Waals surface area contributed by atoms with Crippen molar-refractivity contribution in [3.63, 3.8) is 0 Å². The summed E-state index contributed by atoms with van der Waals surface area (Å²) < 4.78 is 1.14. The van der Waals surface area contributed by atoms with Crippen LogP contribution in [0.25, 0.3) is 0 Å². The number of rotatable bonds is 7. The molecule has 0 aliphatic rings. The van der Waals surface area contributed by atoms with Crippen molar-refractivity contribution in [1.29, 1.82) is 0 Å². The summed E-state index contributed by atoms with van der Waals surface area (Å²) in [6.07, 6.45) is 0.938. The van der Waals surface area contributed by atoms with E-state index in [1.165, 1.54) is 4.90 Å². The number of nitrogens with one attached hydrogen (secondary N) is 1. The lowest BCUT2D eigenvalue weighted by atomic mass is 9.99. The predicted molar refractivity (Wildman–Crippen MR) is 83.2 cm³/mol. The van der Waals surface area contributed by atoms with Gasteiger partial charge in [-0.3, -0.25) is 0 Å². The van der Waals surface area contributed by atoms with Crippen molar-refractivity contribution in [2.24, 2.45) is 0 Å². The second-order valence-corrected chi connectivity index (χ2v) is 7.04. The first kappa shape index (κ1) is 16.0. The fraction of sp³-hybridized carbons (Fsp3) is 0.571. The molecule has 0 heterocycles. The van der Waals surface area contributed by atoms with Crippen molar-refractivity contribution in [2.75, 3.05) is 12.4 Å². The first-order valence-corrected chi connectivity index (χ1v) is 8.00. The van der Waals surface area contributed by atoms with Gasteiger partial charge in [0.2, 0.25) is 0 Å². The van der Waals surface area contributed by atoms with Gasteiger partial charge in [0.1, 0.15) is 0 Å². The van der Waals surface area contributed by atoms with Crippen LogP contribution in [0.2, 0.25) is 0 Å². The highest BCUT2D eigenvalue weighted by Crippen LogP contribution is 2.28. The SMILES string of the molecule is CC(C)NC(C)(CO)CCSc1ccccc1Br. The third-order valence-electron chi connectivity index (χ3n) is 2.73. The molecule has 0 radical (unpaired) electrons. The van der Waals surface area contributed by atoms with Crippen molar-refractivity contribution < 1.29 is 5.11 Å². The molecule has 1 aromatic rings. The van der Waals surface area contributed by atoms with Crippen LogP contribution in [-0.2, 0) is 0 Å². The van der Waals surface area contributed by atoms with Crippen LogP contribution < -0.4 is 5.32 Å². The lowest BCUT2D eigenvalue weighted by Crippen LogP contribution is -2.49. The molecule has 0 amide bonds. The second kappa shape index (κ2) is 7.53. The summed E-state index contributed by atoms with van der Waals surface area (Å²) in [5.41, 5.74) is -0.192. The number of halogens is 1. The van der Waals surface area contributed by atoms with Gasteiger partial charge in [-0.05, 0) is 47.2 Å². The molecule has 0 saturated carbocycles. The quantitative estimate of drug-likeness (QED) is 0.747. The molecule has 0 aliphatic heterocycles. The van der Waals surface area contributed by atoms with Crippen LogP contribution in [0.3, 0.4) is 0 Å². The zero-order chi connectivity index (χ0) is 13.6. The van der Waals surface area contributed by atoms with Crippen molar-refractivity contribution in [2.45, 2.75) is 43.7 Å². The van der Waals surface area contributed by atoms with E-state index in [2.05, 4.69) is 54.2 Å². The van der Waals surface area contributed by atoms with Gasteiger partial charge in [-0.15, -0.1) is 11.8 Å². The number of aliphatic hydroxyl groups is 1. The van der Waals surface area contributed by atoms with Crippen molar-refractivity contribution >= 4 is 27.7 Å². The molecule has 0 spiro atoms. The van der Waals surface area contributed by atoms with Crippen molar-refractivity contribution in [1.82, 2.24) is 5.32 Å². The predicted octanol–water partition coefficient (Wildman–Crippen LogP) is 3.68. The highest BCUT2D eigenvalue weighted by molar-refractivity contribution is 9.10. The van der Waals surface area contributed by atoms with Gasteiger partial charge in [0.05, 0.1) is 6.61 Å². The van der Waals surface area contributed by atoms with E-state index in [9.17, 15) is 5.11 Å². The van der Waals surface area contributed by atoms with Crippen LogP contribution in [0.1, 0.15) is 27.2 Å². The van der Waals surface area contributed by atoms with E-state index in [4.69, 9.17) is 0 Å². The standard InChI is InChI=1S/C14H22BrNOS/c1-11(2)16-14(3,10-17)8-9-18-13-7-5-4-6-12(13)15/h4-7,11,16-17H,8-10H2,1-3H3. The molecule has 18 heavy (non-hydrogen) atoms. The molecular formula is C14H22BrNOS. The third-order valence-corrected chi connectivity index (χ3v) is 4.76. The molecular weight excluding hydrogens is 310 g/mol. The van der Waals surface area contributed by atoms with Crippen molar-refractivity contribution in [3.8, 4) is 0 Å². The first-order chi connectivity index (χ1) is 8.47. The second-order valence-electron chi connectivity index (χ2n) is 5.05. The zero-order valence-corrected chi connectivity index (χ0v) is 13.6. The fourth-order valence-electron chi connectivity index (χ4n) is 1.84. The number of benzene rings is 1.